The van der Waals surface area contributed by atoms with E-state index >= 15 is 0 Å². The number of amides is 1. The summed E-state index contributed by atoms with van der Waals surface area (Å²) in [5.41, 5.74) is 6.85. The number of nitrogens with zero attached hydrogens (tertiary/aromatic N) is 1. The second-order valence-electron chi connectivity index (χ2n) is 4.16. The van der Waals surface area contributed by atoms with Crippen molar-refractivity contribution in [2.24, 2.45) is 5.73 Å². The van der Waals surface area contributed by atoms with Crippen molar-refractivity contribution in [3.8, 4) is 0 Å². The molecule has 1 aliphatic heterocycles. The van der Waals surface area contributed by atoms with Gasteiger partial charge in [-0.1, -0.05) is 28.1 Å². The molecule has 0 radical (unpaired) electrons. The van der Waals surface area contributed by atoms with Crippen molar-refractivity contribution in [3.63, 3.8) is 0 Å². The lowest BCUT2D eigenvalue weighted by Crippen LogP contribution is -2.35. The molecule has 1 fully saturated rings. The topological polar surface area (TPSA) is 46.3 Å². The summed E-state index contributed by atoms with van der Waals surface area (Å²) in [7, 11) is 0. The van der Waals surface area contributed by atoms with E-state index in [1.807, 2.05) is 36.1 Å². The largest absolute Gasteiger partial charge is 0.335 e. The maximum Gasteiger partial charge on any atom is 0.240 e. The predicted molar refractivity (Wildman–Crippen MR) is 66.9 cm³/mol. The SMILES string of the molecule is CC(c1cccc(Br)c1)N1CCC(N)C1=O. The molecule has 1 amide bonds. The number of hydrogen-bond acceptors (Lipinski definition) is 2. The molecule has 0 aromatic heterocycles. The first-order chi connectivity index (χ1) is 7.59. The number of halogens is 1. The molecule has 0 saturated carbocycles. The van der Waals surface area contributed by atoms with Gasteiger partial charge < -0.3 is 10.6 Å². The second-order valence-corrected chi connectivity index (χ2v) is 5.07. The summed E-state index contributed by atoms with van der Waals surface area (Å²) in [4.78, 5) is 13.6. The molecule has 4 heteroatoms. The summed E-state index contributed by atoms with van der Waals surface area (Å²) in [6.45, 7) is 2.80. The van der Waals surface area contributed by atoms with Gasteiger partial charge in [-0.15, -0.1) is 0 Å². The fraction of sp³-hybridized carbons (Fsp3) is 0.417. The van der Waals surface area contributed by atoms with Crippen molar-refractivity contribution >= 4 is 21.8 Å². The van der Waals surface area contributed by atoms with Crippen molar-refractivity contribution < 1.29 is 4.79 Å². The zero-order chi connectivity index (χ0) is 11.7. The fourth-order valence-electron chi connectivity index (χ4n) is 2.06. The zero-order valence-electron chi connectivity index (χ0n) is 9.19. The second kappa shape index (κ2) is 4.55. The Balaban J connectivity index is 2.19. The molecule has 3 nitrogen and oxygen atoms in total. The highest BCUT2D eigenvalue weighted by Crippen LogP contribution is 2.26. The Labute approximate surface area is 104 Å². The normalized spacial score (nSPS) is 22.6. The van der Waals surface area contributed by atoms with Gasteiger partial charge in [0.25, 0.3) is 0 Å². The summed E-state index contributed by atoms with van der Waals surface area (Å²) in [5, 5.41) is 0. The number of likely N-dealkylation sites (tertiary alicyclic amines) is 1. The summed E-state index contributed by atoms with van der Waals surface area (Å²) in [6.07, 6.45) is 0.761. The van der Waals surface area contributed by atoms with Crippen molar-refractivity contribution in [1.29, 1.82) is 0 Å². The molecule has 1 aliphatic rings. The molecule has 86 valence electrons. The van der Waals surface area contributed by atoms with Gasteiger partial charge in [0.05, 0.1) is 12.1 Å². The maximum absolute atomic E-state index is 11.8. The lowest BCUT2D eigenvalue weighted by molar-refractivity contribution is -0.130. The first-order valence-corrected chi connectivity index (χ1v) is 6.20. The van der Waals surface area contributed by atoms with Crippen LogP contribution in [0, 0.1) is 0 Å². The van der Waals surface area contributed by atoms with Gasteiger partial charge in [-0.25, -0.2) is 0 Å². The molecule has 1 heterocycles. The monoisotopic (exact) mass is 282 g/mol. The van der Waals surface area contributed by atoms with E-state index in [9.17, 15) is 4.79 Å². The first-order valence-electron chi connectivity index (χ1n) is 5.41. The van der Waals surface area contributed by atoms with Crippen LogP contribution in [0.3, 0.4) is 0 Å². The Hall–Kier alpha value is -0.870. The Morgan fingerprint density at radius 1 is 1.56 bits per heavy atom. The Morgan fingerprint density at radius 3 is 2.88 bits per heavy atom. The van der Waals surface area contributed by atoms with Crippen LogP contribution in [0.1, 0.15) is 24.9 Å². The summed E-state index contributed by atoms with van der Waals surface area (Å²) in [6, 6.07) is 7.83. The average molecular weight is 283 g/mol. The number of nitrogens with two attached hydrogens (primary N) is 1. The minimum atomic E-state index is -0.311. The Kier molecular flexibility index (Phi) is 3.30. The molecule has 2 rings (SSSR count). The molecule has 2 unspecified atom stereocenters. The minimum absolute atomic E-state index is 0.0625. The van der Waals surface area contributed by atoms with Crippen LogP contribution in [0.15, 0.2) is 28.7 Å². The van der Waals surface area contributed by atoms with Gasteiger partial charge in [0, 0.05) is 11.0 Å². The number of benzene rings is 1. The third-order valence-corrected chi connectivity index (χ3v) is 3.57. The smallest absolute Gasteiger partial charge is 0.240 e. The third-order valence-electron chi connectivity index (χ3n) is 3.08. The van der Waals surface area contributed by atoms with Crippen LogP contribution in [0.4, 0.5) is 0 Å². The number of carbonyl (C=O) groups excluding carboxylic acids is 1. The van der Waals surface area contributed by atoms with E-state index in [-0.39, 0.29) is 18.0 Å². The van der Waals surface area contributed by atoms with Crippen LogP contribution >= 0.6 is 15.9 Å². The van der Waals surface area contributed by atoms with Gasteiger partial charge in [0.15, 0.2) is 0 Å². The van der Waals surface area contributed by atoms with Crippen LogP contribution < -0.4 is 5.73 Å². The van der Waals surface area contributed by atoms with Gasteiger partial charge >= 0.3 is 0 Å². The molecule has 1 aromatic carbocycles. The molecule has 16 heavy (non-hydrogen) atoms. The predicted octanol–water partition coefficient (Wildman–Crippen LogP) is 2.07. The van der Waals surface area contributed by atoms with E-state index in [1.54, 1.807) is 0 Å². The van der Waals surface area contributed by atoms with Crippen LogP contribution in [0.5, 0.6) is 0 Å². The van der Waals surface area contributed by atoms with Crippen molar-refractivity contribution in [1.82, 2.24) is 4.90 Å². The number of rotatable bonds is 2. The highest BCUT2D eigenvalue weighted by molar-refractivity contribution is 9.10. The van der Waals surface area contributed by atoms with Gasteiger partial charge in [-0.05, 0) is 31.0 Å². The van der Waals surface area contributed by atoms with Crippen molar-refractivity contribution in [3.05, 3.63) is 34.3 Å². The van der Waals surface area contributed by atoms with Crippen molar-refractivity contribution in [2.75, 3.05) is 6.54 Å². The van der Waals surface area contributed by atoms with E-state index in [2.05, 4.69) is 15.9 Å². The summed E-state index contributed by atoms with van der Waals surface area (Å²) < 4.78 is 1.03. The van der Waals surface area contributed by atoms with Gasteiger partial charge in [-0.2, -0.15) is 0 Å². The van der Waals surface area contributed by atoms with E-state index < -0.39 is 0 Å². The lowest BCUT2D eigenvalue weighted by atomic mass is 10.1. The van der Waals surface area contributed by atoms with Crippen molar-refractivity contribution in [2.45, 2.75) is 25.4 Å². The quantitative estimate of drug-likeness (QED) is 0.903. The third kappa shape index (κ3) is 2.13. The molecule has 1 aromatic rings. The van der Waals surface area contributed by atoms with E-state index in [0.717, 1.165) is 23.0 Å². The standard InChI is InChI=1S/C12H15BrN2O/c1-8(9-3-2-4-10(13)7-9)15-6-5-11(14)12(15)16/h2-4,7-8,11H,5-6,14H2,1H3. The number of carbonyl (C=O) groups is 1. The van der Waals surface area contributed by atoms with Crippen LogP contribution in [-0.2, 0) is 4.79 Å². The molecule has 1 saturated heterocycles. The summed E-state index contributed by atoms with van der Waals surface area (Å²) in [5.74, 6) is 0.0625. The Morgan fingerprint density at radius 2 is 2.31 bits per heavy atom. The van der Waals surface area contributed by atoms with E-state index in [4.69, 9.17) is 5.73 Å². The van der Waals surface area contributed by atoms with Crippen LogP contribution in [0.2, 0.25) is 0 Å². The lowest BCUT2D eigenvalue weighted by Gasteiger charge is -2.25. The molecule has 0 bridgehead atoms. The summed E-state index contributed by atoms with van der Waals surface area (Å²) >= 11 is 3.44. The molecular weight excluding hydrogens is 268 g/mol. The van der Waals surface area contributed by atoms with E-state index in [1.165, 1.54) is 0 Å². The zero-order valence-corrected chi connectivity index (χ0v) is 10.8. The molecule has 2 atom stereocenters. The molecule has 2 N–H and O–H groups in total. The van der Waals surface area contributed by atoms with Gasteiger partial charge in [-0.3, -0.25) is 4.79 Å². The maximum atomic E-state index is 11.8. The first kappa shape index (κ1) is 11.6. The molecule has 0 spiro atoms. The van der Waals surface area contributed by atoms with Crippen LogP contribution in [-0.4, -0.2) is 23.4 Å². The van der Waals surface area contributed by atoms with E-state index in [0.29, 0.717) is 0 Å². The minimum Gasteiger partial charge on any atom is -0.335 e. The fourth-order valence-corrected chi connectivity index (χ4v) is 2.47. The highest BCUT2D eigenvalue weighted by atomic mass is 79.9. The molecule has 0 aliphatic carbocycles. The van der Waals surface area contributed by atoms with Gasteiger partial charge in [0.1, 0.15) is 0 Å². The van der Waals surface area contributed by atoms with Crippen LogP contribution in [0.25, 0.3) is 0 Å². The van der Waals surface area contributed by atoms with Gasteiger partial charge in [0.2, 0.25) is 5.91 Å². The highest BCUT2D eigenvalue weighted by Gasteiger charge is 2.32. The number of hydrogen-bond donors (Lipinski definition) is 1. The average Bonchev–Trinajstić information content (AvgIpc) is 2.59. The molecular formula is C12H15BrN2O. The Bertz CT molecular complexity index is 408.